The zero-order valence-electron chi connectivity index (χ0n) is 14.8. The molecule has 7 nitrogen and oxygen atoms in total. The number of nitrogens with zero attached hydrogens (tertiary/aromatic N) is 7. The van der Waals surface area contributed by atoms with E-state index in [1.165, 1.54) is 31.0 Å². The van der Waals surface area contributed by atoms with E-state index in [1.54, 1.807) is 12.1 Å². The predicted octanol–water partition coefficient (Wildman–Crippen LogP) is 3.07. The van der Waals surface area contributed by atoms with E-state index in [2.05, 4.69) is 42.0 Å². The number of benzene rings is 1. The number of rotatable bonds is 5. The number of hydrogen-bond acceptors (Lipinski definition) is 7. The van der Waals surface area contributed by atoms with Crippen LogP contribution in [0.4, 0.5) is 0 Å². The highest BCUT2D eigenvalue weighted by molar-refractivity contribution is 7.99. The van der Waals surface area contributed by atoms with Gasteiger partial charge in [0.05, 0.1) is 6.54 Å². The van der Waals surface area contributed by atoms with Crippen LogP contribution in [-0.2, 0) is 6.54 Å². The summed E-state index contributed by atoms with van der Waals surface area (Å²) in [6, 6.07) is 15.5. The fourth-order valence-corrected chi connectivity index (χ4v) is 3.94. The van der Waals surface area contributed by atoms with Crippen molar-refractivity contribution in [3.63, 3.8) is 0 Å². The Morgan fingerprint density at radius 2 is 1.74 bits per heavy atom. The molecule has 27 heavy (non-hydrogen) atoms. The molecule has 0 spiro atoms. The quantitative estimate of drug-likeness (QED) is 0.675. The van der Waals surface area contributed by atoms with Gasteiger partial charge in [-0.05, 0) is 62.0 Å². The fraction of sp³-hybridized carbons (Fsp3) is 0.316. The van der Waals surface area contributed by atoms with Crippen LogP contribution in [0.15, 0.2) is 52.6 Å². The van der Waals surface area contributed by atoms with Crippen molar-refractivity contribution in [2.45, 2.75) is 36.0 Å². The highest BCUT2D eigenvalue weighted by atomic mass is 32.2. The van der Waals surface area contributed by atoms with E-state index in [-0.39, 0.29) is 0 Å². The van der Waals surface area contributed by atoms with Crippen LogP contribution < -0.4 is 0 Å². The molecule has 1 saturated heterocycles. The lowest BCUT2D eigenvalue weighted by atomic mass is 10.1. The van der Waals surface area contributed by atoms with E-state index >= 15 is 0 Å². The Kier molecular flexibility index (Phi) is 5.42. The Bertz CT molecular complexity index is 925. The summed E-state index contributed by atoms with van der Waals surface area (Å²) in [5.41, 5.74) is 1.33. The summed E-state index contributed by atoms with van der Waals surface area (Å²) < 4.78 is 2.08. The summed E-state index contributed by atoms with van der Waals surface area (Å²) in [5, 5.41) is 27.2. The second-order valence-electron chi connectivity index (χ2n) is 6.38. The molecular weight excluding hydrogens is 358 g/mol. The van der Waals surface area contributed by atoms with E-state index in [9.17, 15) is 0 Å². The number of piperidine rings is 1. The van der Waals surface area contributed by atoms with Crippen molar-refractivity contribution in [3.05, 3.63) is 54.0 Å². The average Bonchev–Trinajstić information content (AvgIpc) is 3.12. The van der Waals surface area contributed by atoms with Gasteiger partial charge in [0.1, 0.15) is 11.1 Å². The lowest BCUT2D eigenvalue weighted by Gasteiger charge is -2.26. The minimum Gasteiger partial charge on any atom is -0.296 e. The van der Waals surface area contributed by atoms with Gasteiger partial charge in [0.2, 0.25) is 5.16 Å². The Balaban J connectivity index is 1.65. The third-order valence-electron chi connectivity index (χ3n) is 4.48. The van der Waals surface area contributed by atoms with Crippen LogP contribution in [0.25, 0.3) is 5.69 Å². The first kappa shape index (κ1) is 17.6. The molecule has 2 aromatic heterocycles. The molecule has 1 fully saturated rings. The summed E-state index contributed by atoms with van der Waals surface area (Å²) in [6.45, 7) is 2.98. The lowest BCUT2D eigenvalue weighted by molar-refractivity contribution is 0.214. The molecule has 0 amide bonds. The molecule has 0 saturated carbocycles. The molecule has 0 aliphatic carbocycles. The van der Waals surface area contributed by atoms with Gasteiger partial charge in [-0.25, -0.2) is 0 Å². The van der Waals surface area contributed by atoms with E-state index in [0.29, 0.717) is 10.7 Å². The Labute approximate surface area is 162 Å². The maximum atomic E-state index is 8.88. The lowest BCUT2D eigenvalue weighted by Crippen LogP contribution is -2.30. The Morgan fingerprint density at radius 1 is 0.926 bits per heavy atom. The molecule has 3 aromatic rings. The van der Waals surface area contributed by atoms with Crippen molar-refractivity contribution in [2.24, 2.45) is 0 Å². The number of nitriles is 1. The van der Waals surface area contributed by atoms with Crippen molar-refractivity contribution in [1.82, 2.24) is 29.9 Å². The van der Waals surface area contributed by atoms with E-state index in [4.69, 9.17) is 5.26 Å². The minimum absolute atomic E-state index is 0.301. The standard InChI is InChI=1S/C19H19N7S/c20-13-15-9-10-18(23-21-15)27-19-24-22-17(14-25-11-5-2-6-12-25)26(19)16-7-3-1-4-8-16/h1,3-4,7-10H,2,5-6,11-12,14H2. The summed E-state index contributed by atoms with van der Waals surface area (Å²) in [7, 11) is 0. The first-order valence-electron chi connectivity index (χ1n) is 8.97. The van der Waals surface area contributed by atoms with Gasteiger partial charge in [0, 0.05) is 5.69 Å². The van der Waals surface area contributed by atoms with E-state index < -0.39 is 0 Å². The van der Waals surface area contributed by atoms with Gasteiger partial charge in [-0.3, -0.25) is 9.47 Å². The largest absolute Gasteiger partial charge is 0.296 e. The monoisotopic (exact) mass is 377 g/mol. The van der Waals surface area contributed by atoms with Crippen LogP contribution in [0.2, 0.25) is 0 Å². The summed E-state index contributed by atoms with van der Waals surface area (Å²) in [6.07, 6.45) is 3.78. The molecule has 8 heteroatoms. The van der Waals surface area contributed by atoms with E-state index in [0.717, 1.165) is 36.3 Å². The second-order valence-corrected chi connectivity index (χ2v) is 7.36. The van der Waals surface area contributed by atoms with Crippen molar-refractivity contribution in [3.8, 4) is 11.8 Å². The highest BCUT2D eigenvalue weighted by Crippen LogP contribution is 2.28. The van der Waals surface area contributed by atoms with Gasteiger partial charge in [-0.15, -0.1) is 20.4 Å². The molecule has 4 rings (SSSR count). The maximum Gasteiger partial charge on any atom is 0.202 e. The first-order valence-corrected chi connectivity index (χ1v) is 9.79. The van der Waals surface area contributed by atoms with Crippen LogP contribution in [0.1, 0.15) is 30.8 Å². The summed E-state index contributed by atoms with van der Waals surface area (Å²) in [4.78, 5) is 2.43. The van der Waals surface area contributed by atoms with Gasteiger partial charge in [-0.2, -0.15) is 5.26 Å². The smallest absolute Gasteiger partial charge is 0.202 e. The number of para-hydroxylation sites is 1. The molecule has 0 atom stereocenters. The average molecular weight is 377 g/mol. The molecule has 0 radical (unpaired) electrons. The zero-order valence-corrected chi connectivity index (χ0v) is 15.6. The first-order chi connectivity index (χ1) is 13.3. The fourth-order valence-electron chi connectivity index (χ4n) is 3.15. The minimum atomic E-state index is 0.301. The van der Waals surface area contributed by atoms with Crippen molar-refractivity contribution in [2.75, 3.05) is 13.1 Å². The highest BCUT2D eigenvalue weighted by Gasteiger charge is 2.19. The van der Waals surface area contributed by atoms with Crippen molar-refractivity contribution >= 4 is 11.8 Å². The topological polar surface area (TPSA) is 83.5 Å². The summed E-state index contributed by atoms with van der Waals surface area (Å²) in [5.74, 6) is 0.923. The summed E-state index contributed by atoms with van der Waals surface area (Å²) >= 11 is 1.40. The van der Waals surface area contributed by atoms with Crippen LogP contribution in [0.3, 0.4) is 0 Å². The normalized spacial score (nSPS) is 14.8. The molecular formula is C19H19N7S. The molecule has 0 N–H and O–H groups in total. The number of aromatic nitrogens is 5. The Morgan fingerprint density at radius 3 is 2.44 bits per heavy atom. The third-order valence-corrected chi connectivity index (χ3v) is 5.35. The van der Waals surface area contributed by atoms with Gasteiger partial charge < -0.3 is 0 Å². The molecule has 1 aliphatic heterocycles. The van der Waals surface area contributed by atoms with Crippen LogP contribution >= 0.6 is 11.8 Å². The predicted molar refractivity (Wildman–Crippen MR) is 101 cm³/mol. The number of hydrogen-bond donors (Lipinski definition) is 0. The second kappa shape index (κ2) is 8.29. The molecule has 3 heterocycles. The van der Waals surface area contributed by atoms with Crippen LogP contribution in [0, 0.1) is 11.3 Å². The molecule has 136 valence electrons. The number of likely N-dealkylation sites (tertiary alicyclic amines) is 1. The van der Waals surface area contributed by atoms with Crippen LogP contribution in [0.5, 0.6) is 0 Å². The van der Waals surface area contributed by atoms with Crippen molar-refractivity contribution in [1.29, 1.82) is 5.26 Å². The van der Waals surface area contributed by atoms with Crippen molar-refractivity contribution < 1.29 is 0 Å². The van der Waals surface area contributed by atoms with Crippen LogP contribution in [-0.4, -0.2) is 43.0 Å². The zero-order chi connectivity index (χ0) is 18.5. The molecule has 0 bridgehead atoms. The van der Waals surface area contributed by atoms with Gasteiger partial charge in [-0.1, -0.05) is 24.6 Å². The SMILES string of the molecule is N#Cc1ccc(Sc2nnc(CN3CCCCC3)n2-c2ccccc2)nn1. The molecule has 1 aromatic carbocycles. The van der Waals surface area contributed by atoms with Gasteiger partial charge in [0.15, 0.2) is 11.5 Å². The van der Waals surface area contributed by atoms with E-state index in [1.807, 2.05) is 24.3 Å². The van der Waals surface area contributed by atoms with Gasteiger partial charge in [0.25, 0.3) is 0 Å². The third kappa shape index (κ3) is 4.15. The molecule has 1 aliphatic rings. The Hall–Kier alpha value is -2.76. The molecule has 0 unspecified atom stereocenters. The van der Waals surface area contributed by atoms with Gasteiger partial charge >= 0.3 is 0 Å². The maximum absolute atomic E-state index is 8.88.